The van der Waals surface area contributed by atoms with Crippen LogP contribution in [0.25, 0.3) is 0 Å². The fourth-order valence-electron chi connectivity index (χ4n) is 1.88. The Hall–Kier alpha value is -1.56. The molecule has 120 valence electrons. The van der Waals surface area contributed by atoms with Crippen molar-refractivity contribution in [2.45, 2.75) is 52.8 Å². The number of hydrogen-bond donors (Lipinski definition) is 1. The molecule has 1 aromatic heterocycles. The molecule has 0 bridgehead atoms. The Morgan fingerprint density at radius 1 is 1.48 bits per heavy atom. The predicted octanol–water partition coefficient (Wildman–Crippen LogP) is 2.16. The van der Waals surface area contributed by atoms with Gasteiger partial charge in [0.15, 0.2) is 0 Å². The first-order valence-electron chi connectivity index (χ1n) is 7.37. The predicted molar refractivity (Wildman–Crippen MR) is 83.0 cm³/mol. The SMILES string of the molecule is CC(C)N(CCNCc1cnn(C)c1)C(=O)OC(C)(C)C. The van der Waals surface area contributed by atoms with E-state index >= 15 is 0 Å². The van der Waals surface area contributed by atoms with Crippen LogP contribution in [0.15, 0.2) is 12.4 Å². The van der Waals surface area contributed by atoms with Crippen LogP contribution in [0.2, 0.25) is 0 Å². The molecule has 0 fully saturated rings. The van der Waals surface area contributed by atoms with E-state index in [4.69, 9.17) is 4.74 Å². The summed E-state index contributed by atoms with van der Waals surface area (Å²) >= 11 is 0. The third-order valence-corrected chi connectivity index (χ3v) is 2.87. The van der Waals surface area contributed by atoms with Crippen molar-refractivity contribution in [3.63, 3.8) is 0 Å². The molecule has 6 nitrogen and oxygen atoms in total. The quantitative estimate of drug-likeness (QED) is 0.817. The van der Waals surface area contributed by atoms with Gasteiger partial charge in [0.25, 0.3) is 0 Å². The Labute approximate surface area is 127 Å². The van der Waals surface area contributed by atoms with Crippen LogP contribution >= 0.6 is 0 Å². The van der Waals surface area contributed by atoms with Crippen molar-refractivity contribution >= 4 is 6.09 Å². The summed E-state index contributed by atoms with van der Waals surface area (Å²) in [6, 6.07) is 0.111. The van der Waals surface area contributed by atoms with Gasteiger partial charge in [-0.25, -0.2) is 4.79 Å². The Kier molecular flexibility index (Phi) is 6.20. The van der Waals surface area contributed by atoms with Crippen molar-refractivity contribution < 1.29 is 9.53 Å². The average molecular weight is 296 g/mol. The lowest BCUT2D eigenvalue weighted by Crippen LogP contribution is -2.44. The summed E-state index contributed by atoms with van der Waals surface area (Å²) in [4.78, 5) is 13.9. The molecule has 0 radical (unpaired) electrons. The van der Waals surface area contributed by atoms with Gasteiger partial charge in [0.2, 0.25) is 0 Å². The number of amides is 1. The topological polar surface area (TPSA) is 59.4 Å². The number of nitrogens with zero attached hydrogens (tertiary/aromatic N) is 3. The van der Waals surface area contributed by atoms with E-state index in [1.165, 1.54) is 0 Å². The third-order valence-electron chi connectivity index (χ3n) is 2.87. The summed E-state index contributed by atoms with van der Waals surface area (Å²) in [5.74, 6) is 0. The maximum atomic E-state index is 12.1. The third kappa shape index (κ3) is 6.62. The van der Waals surface area contributed by atoms with Crippen LogP contribution in [-0.4, -0.2) is 45.5 Å². The molecule has 0 aliphatic carbocycles. The highest BCUT2D eigenvalue weighted by Gasteiger charge is 2.23. The first kappa shape index (κ1) is 17.5. The standard InChI is InChI=1S/C15H28N4O2/c1-12(2)19(14(20)21-15(3,4)5)8-7-16-9-13-10-17-18(6)11-13/h10-12,16H,7-9H2,1-6H3. The molecule has 0 saturated carbocycles. The average Bonchev–Trinajstić information content (AvgIpc) is 2.71. The number of rotatable bonds is 6. The molecule has 1 aromatic rings. The van der Waals surface area contributed by atoms with Crippen molar-refractivity contribution in [1.29, 1.82) is 0 Å². The molecule has 0 saturated heterocycles. The van der Waals surface area contributed by atoms with Crippen LogP contribution in [0, 0.1) is 0 Å². The molecule has 1 heterocycles. The maximum Gasteiger partial charge on any atom is 0.410 e. The first-order chi connectivity index (χ1) is 9.69. The van der Waals surface area contributed by atoms with Crippen LogP contribution in [0.4, 0.5) is 4.79 Å². The van der Waals surface area contributed by atoms with Gasteiger partial charge in [-0.2, -0.15) is 5.10 Å². The minimum absolute atomic E-state index is 0.111. The van der Waals surface area contributed by atoms with Crippen molar-refractivity contribution in [3.05, 3.63) is 18.0 Å². The van der Waals surface area contributed by atoms with Gasteiger partial charge in [0, 0.05) is 44.5 Å². The van der Waals surface area contributed by atoms with E-state index in [2.05, 4.69) is 10.4 Å². The van der Waals surface area contributed by atoms with Gasteiger partial charge < -0.3 is 15.0 Å². The van der Waals surface area contributed by atoms with E-state index in [1.54, 1.807) is 9.58 Å². The molecule has 0 spiro atoms. The van der Waals surface area contributed by atoms with Gasteiger partial charge in [-0.15, -0.1) is 0 Å². The van der Waals surface area contributed by atoms with Crippen LogP contribution in [0.1, 0.15) is 40.2 Å². The zero-order chi connectivity index (χ0) is 16.0. The van der Waals surface area contributed by atoms with Gasteiger partial charge in [-0.05, 0) is 34.6 Å². The summed E-state index contributed by atoms with van der Waals surface area (Å²) in [6.45, 7) is 11.7. The van der Waals surface area contributed by atoms with Crippen LogP contribution in [-0.2, 0) is 18.3 Å². The second kappa shape index (κ2) is 7.45. The molecule has 1 N–H and O–H groups in total. The fraction of sp³-hybridized carbons (Fsp3) is 0.733. The van der Waals surface area contributed by atoms with Gasteiger partial charge in [-0.1, -0.05) is 0 Å². The molecule has 1 rings (SSSR count). The number of hydrogen-bond acceptors (Lipinski definition) is 4. The van der Waals surface area contributed by atoms with Crippen LogP contribution in [0.5, 0.6) is 0 Å². The lowest BCUT2D eigenvalue weighted by Gasteiger charge is -2.30. The number of carbonyl (C=O) groups excluding carboxylic acids is 1. The molecule has 0 atom stereocenters. The van der Waals surface area contributed by atoms with Crippen LogP contribution < -0.4 is 5.32 Å². The molecule has 0 aromatic carbocycles. The minimum Gasteiger partial charge on any atom is -0.444 e. The summed E-state index contributed by atoms with van der Waals surface area (Å²) in [5, 5.41) is 7.43. The second-order valence-electron chi connectivity index (χ2n) is 6.47. The van der Waals surface area contributed by atoms with Crippen molar-refractivity contribution in [1.82, 2.24) is 20.0 Å². The van der Waals surface area contributed by atoms with E-state index in [-0.39, 0.29) is 12.1 Å². The second-order valence-corrected chi connectivity index (χ2v) is 6.47. The number of aryl methyl sites for hydroxylation is 1. The summed E-state index contributed by atoms with van der Waals surface area (Å²) in [6.07, 6.45) is 3.54. The molecule has 6 heteroatoms. The monoisotopic (exact) mass is 296 g/mol. The van der Waals surface area contributed by atoms with Crippen LogP contribution in [0.3, 0.4) is 0 Å². The lowest BCUT2D eigenvalue weighted by atomic mass is 10.2. The number of carbonyl (C=O) groups is 1. The van der Waals surface area contributed by atoms with E-state index < -0.39 is 5.60 Å². The van der Waals surface area contributed by atoms with Gasteiger partial charge in [0.05, 0.1) is 6.20 Å². The lowest BCUT2D eigenvalue weighted by molar-refractivity contribution is 0.0193. The highest BCUT2D eigenvalue weighted by Crippen LogP contribution is 2.11. The molecule has 1 amide bonds. The molecular weight excluding hydrogens is 268 g/mol. The zero-order valence-corrected chi connectivity index (χ0v) is 14.0. The van der Waals surface area contributed by atoms with Gasteiger partial charge in [0.1, 0.15) is 5.60 Å². The Balaban J connectivity index is 2.39. The Bertz CT molecular complexity index is 449. The number of nitrogens with one attached hydrogen (secondary N) is 1. The van der Waals surface area contributed by atoms with Gasteiger partial charge in [-0.3, -0.25) is 4.68 Å². The van der Waals surface area contributed by atoms with E-state index in [9.17, 15) is 4.79 Å². The zero-order valence-electron chi connectivity index (χ0n) is 14.0. The summed E-state index contributed by atoms with van der Waals surface area (Å²) in [7, 11) is 1.90. The van der Waals surface area contributed by atoms with E-state index in [0.29, 0.717) is 13.1 Å². The smallest absolute Gasteiger partial charge is 0.410 e. The molecule has 0 aliphatic heterocycles. The van der Waals surface area contributed by atoms with Crippen molar-refractivity contribution in [3.8, 4) is 0 Å². The molecule has 0 aliphatic rings. The summed E-state index contributed by atoms with van der Waals surface area (Å²) < 4.78 is 7.20. The van der Waals surface area contributed by atoms with E-state index in [0.717, 1.165) is 12.1 Å². The van der Waals surface area contributed by atoms with Gasteiger partial charge >= 0.3 is 6.09 Å². The highest BCUT2D eigenvalue weighted by molar-refractivity contribution is 5.68. The Morgan fingerprint density at radius 3 is 2.62 bits per heavy atom. The molecular formula is C15H28N4O2. The minimum atomic E-state index is -0.465. The number of ether oxygens (including phenoxy) is 1. The van der Waals surface area contributed by atoms with Crippen molar-refractivity contribution in [2.75, 3.05) is 13.1 Å². The number of aromatic nitrogens is 2. The first-order valence-corrected chi connectivity index (χ1v) is 7.37. The van der Waals surface area contributed by atoms with Crippen molar-refractivity contribution in [2.24, 2.45) is 7.05 Å². The normalized spacial score (nSPS) is 11.8. The highest BCUT2D eigenvalue weighted by atomic mass is 16.6. The Morgan fingerprint density at radius 2 is 2.14 bits per heavy atom. The largest absolute Gasteiger partial charge is 0.444 e. The molecule has 0 unspecified atom stereocenters. The molecule has 21 heavy (non-hydrogen) atoms. The maximum absolute atomic E-state index is 12.1. The summed E-state index contributed by atoms with van der Waals surface area (Å²) in [5.41, 5.74) is 0.666. The fourth-order valence-corrected chi connectivity index (χ4v) is 1.88. The van der Waals surface area contributed by atoms with E-state index in [1.807, 2.05) is 54.1 Å².